The van der Waals surface area contributed by atoms with E-state index in [1.54, 1.807) is 6.92 Å². The van der Waals surface area contributed by atoms with Crippen LogP contribution in [0.5, 0.6) is 0 Å². The van der Waals surface area contributed by atoms with Crippen LogP contribution < -0.4 is 5.32 Å². The summed E-state index contributed by atoms with van der Waals surface area (Å²) >= 11 is 0. The summed E-state index contributed by atoms with van der Waals surface area (Å²) in [4.78, 5) is 22.6. The van der Waals surface area contributed by atoms with Crippen molar-refractivity contribution in [3.8, 4) is 0 Å². The van der Waals surface area contributed by atoms with Gasteiger partial charge in [0.25, 0.3) is 0 Å². The molecular weight excluding hydrogens is 160 g/mol. The second-order valence-electron chi connectivity index (χ2n) is 2.28. The molecule has 0 aliphatic carbocycles. The number of nitrogens with zero attached hydrogens (tertiary/aromatic N) is 1. The van der Waals surface area contributed by atoms with Gasteiger partial charge in [0.2, 0.25) is 0 Å². The summed E-state index contributed by atoms with van der Waals surface area (Å²) in [6, 6.07) is -0.237. The Labute approximate surface area is 71.4 Å². The first-order valence-corrected chi connectivity index (χ1v) is 3.80. The standard InChI is InChI=1S/C7H14N2O3/c1-3-9(7(12)8-2)5-4-6(10)11/h3-5H2,1-2H3,(H,8,12)(H,10,11). The first kappa shape index (κ1) is 10.7. The topological polar surface area (TPSA) is 69.6 Å². The maximum absolute atomic E-state index is 11.0. The second kappa shape index (κ2) is 5.40. The van der Waals surface area contributed by atoms with Crippen molar-refractivity contribution < 1.29 is 14.7 Å². The maximum Gasteiger partial charge on any atom is 0.317 e. The van der Waals surface area contributed by atoms with E-state index < -0.39 is 5.97 Å². The van der Waals surface area contributed by atoms with Crippen molar-refractivity contribution in [1.29, 1.82) is 0 Å². The highest BCUT2D eigenvalue weighted by atomic mass is 16.4. The molecule has 0 aliphatic heterocycles. The molecule has 0 aromatic rings. The Morgan fingerprint density at radius 3 is 2.42 bits per heavy atom. The van der Waals surface area contributed by atoms with Gasteiger partial charge in [-0.2, -0.15) is 0 Å². The number of nitrogens with one attached hydrogen (secondary N) is 1. The molecule has 0 saturated carbocycles. The molecule has 5 nitrogen and oxygen atoms in total. The molecule has 0 heterocycles. The van der Waals surface area contributed by atoms with E-state index in [9.17, 15) is 9.59 Å². The number of carbonyl (C=O) groups excluding carboxylic acids is 1. The predicted octanol–water partition coefficient (Wildman–Crippen LogP) is 0.122. The molecule has 0 saturated heterocycles. The number of carboxylic acids is 1. The molecule has 2 amide bonds. The van der Waals surface area contributed by atoms with E-state index in [-0.39, 0.29) is 19.0 Å². The molecular formula is C7H14N2O3. The van der Waals surface area contributed by atoms with E-state index in [2.05, 4.69) is 5.32 Å². The minimum atomic E-state index is -0.891. The molecule has 0 unspecified atom stereocenters. The van der Waals surface area contributed by atoms with Gasteiger partial charge in [-0.25, -0.2) is 4.79 Å². The lowest BCUT2D eigenvalue weighted by Gasteiger charge is -2.18. The normalized spacial score (nSPS) is 9.17. The molecule has 0 bridgehead atoms. The third kappa shape index (κ3) is 3.80. The SMILES string of the molecule is CCN(CCC(=O)O)C(=O)NC. The Balaban J connectivity index is 3.83. The van der Waals surface area contributed by atoms with Crippen LogP contribution in [0.15, 0.2) is 0 Å². The molecule has 2 N–H and O–H groups in total. The lowest BCUT2D eigenvalue weighted by Crippen LogP contribution is -2.39. The number of aliphatic carboxylic acids is 1. The number of carboxylic acid groups (broad SMARTS) is 1. The van der Waals surface area contributed by atoms with Gasteiger partial charge in [0, 0.05) is 20.1 Å². The van der Waals surface area contributed by atoms with Crippen LogP contribution in [0.2, 0.25) is 0 Å². The van der Waals surface area contributed by atoms with Crippen molar-refractivity contribution >= 4 is 12.0 Å². The highest BCUT2D eigenvalue weighted by Crippen LogP contribution is 1.91. The Morgan fingerprint density at radius 1 is 1.50 bits per heavy atom. The third-order valence-corrected chi connectivity index (χ3v) is 1.48. The fourth-order valence-corrected chi connectivity index (χ4v) is 0.792. The van der Waals surface area contributed by atoms with Crippen LogP contribution in [0.1, 0.15) is 13.3 Å². The molecule has 5 heteroatoms. The number of hydrogen-bond donors (Lipinski definition) is 2. The van der Waals surface area contributed by atoms with Crippen LogP contribution in [-0.4, -0.2) is 42.1 Å². The zero-order chi connectivity index (χ0) is 9.56. The van der Waals surface area contributed by atoms with Gasteiger partial charge in [0.05, 0.1) is 6.42 Å². The Morgan fingerprint density at radius 2 is 2.08 bits per heavy atom. The van der Waals surface area contributed by atoms with Crippen LogP contribution >= 0.6 is 0 Å². The molecule has 0 atom stereocenters. The lowest BCUT2D eigenvalue weighted by molar-refractivity contribution is -0.137. The molecule has 12 heavy (non-hydrogen) atoms. The van der Waals surface area contributed by atoms with Crippen LogP contribution in [0, 0.1) is 0 Å². The van der Waals surface area contributed by atoms with Crippen LogP contribution in [0.4, 0.5) is 4.79 Å². The van der Waals surface area contributed by atoms with Gasteiger partial charge < -0.3 is 15.3 Å². The summed E-state index contributed by atoms with van der Waals surface area (Å²) in [5.74, 6) is -0.891. The summed E-state index contributed by atoms with van der Waals surface area (Å²) in [6.45, 7) is 2.58. The minimum absolute atomic E-state index is 0.0126. The van der Waals surface area contributed by atoms with E-state index >= 15 is 0 Å². The largest absolute Gasteiger partial charge is 0.481 e. The average Bonchev–Trinajstić information content (AvgIpc) is 2.04. The molecule has 0 spiro atoms. The van der Waals surface area contributed by atoms with Gasteiger partial charge in [-0.3, -0.25) is 4.79 Å². The number of rotatable bonds is 4. The van der Waals surface area contributed by atoms with Crippen molar-refractivity contribution in [2.24, 2.45) is 0 Å². The third-order valence-electron chi connectivity index (χ3n) is 1.48. The summed E-state index contributed by atoms with van der Waals surface area (Å²) in [5.41, 5.74) is 0. The van der Waals surface area contributed by atoms with Gasteiger partial charge in [-0.15, -0.1) is 0 Å². The first-order chi connectivity index (χ1) is 5.61. The minimum Gasteiger partial charge on any atom is -0.481 e. The first-order valence-electron chi connectivity index (χ1n) is 3.80. The Hall–Kier alpha value is -1.26. The molecule has 70 valence electrons. The van der Waals surface area contributed by atoms with Gasteiger partial charge >= 0.3 is 12.0 Å². The van der Waals surface area contributed by atoms with E-state index in [0.717, 1.165) is 0 Å². The van der Waals surface area contributed by atoms with E-state index in [1.807, 2.05) is 0 Å². The summed E-state index contributed by atoms with van der Waals surface area (Å²) in [5, 5.41) is 10.8. The molecule has 0 aromatic carbocycles. The Bertz CT molecular complexity index is 170. The molecule has 0 rings (SSSR count). The van der Waals surface area contributed by atoms with Crippen molar-refractivity contribution in [2.75, 3.05) is 20.1 Å². The van der Waals surface area contributed by atoms with Crippen molar-refractivity contribution in [1.82, 2.24) is 10.2 Å². The zero-order valence-electron chi connectivity index (χ0n) is 7.33. The number of urea groups is 1. The second-order valence-corrected chi connectivity index (χ2v) is 2.28. The van der Waals surface area contributed by atoms with Crippen LogP contribution in [-0.2, 0) is 4.79 Å². The molecule has 0 aliphatic rings. The van der Waals surface area contributed by atoms with Crippen molar-refractivity contribution in [2.45, 2.75) is 13.3 Å². The van der Waals surface area contributed by atoms with Gasteiger partial charge in [0.15, 0.2) is 0 Å². The highest BCUT2D eigenvalue weighted by molar-refractivity contribution is 5.74. The van der Waals surface area contributed by atoms with E-state index in [4.69, 9.17) is 5.11 Å². The van der Waals surface area contributed by atoms with Gasteiger partial charge in [-0.05, 0) is 6.92 Å². The lowest BCUT2D eigenvalue weighted by atomic mass is 10.4. The number of carbonyl (C=O) groups is 2. The van der Waals surface area contributed by atoms with E-state index in [1.165, 1.54) is 11.9 Å². The summed E-state index contributed by atoms with van der Waals surface area (Å²) < 4.78 is 0. The fourth-order valence-electron chi connectivity index (χ4n) is 0.792. The summed E-state index contributed by atoms with van der Waals surface area (Å²) in [7, 11) is 1.52. The molecule has 0 fully saturated rings. The van der Waals surface area contributed by atoms with Gasteiger partial charge in [0.1, 0.15) is 0 Å². The predicted molar refractivity (Wildman–Crippen MR) is 44.0 cm³/mol. The monoisotopic (exact) mass is 174 g/mol. The molecule has 0 radical (unpaired) electrons. The number of hydrogen-bond acceptors (Lipinski definition) is 2. The Kier molecular flexibility index (Phi) is 4.83. The zero-order valence-corrected chi connectivity index (χ0v) is 7.33. The van der Waals surface area contributed by atoms with Crippen LogP contribution in [0.25, 0.3) is 0 Å². The van der Waals surface area contributed by atoms with Gasteiger partial charge in [-0.1, -0.05) is 0 Å². The van der Waals surface area contributed by atoms with Crippen LogP contribution in [0.3, 0.4) is 0 Å². The molecule has 0 aromatic heterocycles. The maximum atomic E-state index is 11.0. The van der Waals surface area contributed by atoms with Crippen molar-refractivity contribution in [3.63, 3.8) is 0 Å². The number of amides is 2. The smallest absolute Gasteiger partial charge is 0.317 e. The summed E-state index contributed by atoms with van der Waals surface area (Å²) in [6.07, 6.45) is -0.0126. The van der Waals surface area contributed by atoms with E-state index in [0.29, 0.717) is 6.54 Å². The highest BCUT2D eigenvalue weighted by Gasteiger charge is 2.09. The average molecular weight is 174 g/mol. The fraction of sp³-hybridized carbons (Fsp3) is 0.714. The quantitative estimate of drug-likeness (QED) is 0.636. The van der Waals surface area contributed by atoms with Crippen molar-refractivity contribution in [3.05, 3.63) is 0 Å².